The van der Waals surface area contributed by atoms with Crippen LogP contribution < -0.4 is 0 Å². The van der Waals surface area contributed by atoms with E-state index >= 15 is 0 Å². The fourth-order valence-electron chi connectivity index (χ4n) is 0.823. The number of hydrogen-bond donors (Lipinski definition) is 0. The molecule has 0 spiro atoms. The van der Waals surface area contributed by atoms with Gasteiger partial charge in [0.15, 0.2) is 0 Å². The Morgan fingerprint density at radius 3 is 2.67 bits per heavy atom. The van der Waals surface area contributed by atoms with Gasteiger partial charge in [-0.2, -0.15) is 0 Å². The van der Waals surface area contributed by atoms with Gasteiger partial charge in [-0.15, -0.1) is 0 Å². The highest BCUT2D eigenvalue weighted by Gasteiger charge is 1.90. The molecule has 0 rings (SSSR count). The van der Waals surface area contributed by atoms with Gasteiger partial charge in [0.05, 0.1) is 6.61 Å². The summed E-state index contributed by atoms with van der Waals surface area (Å²) in [6.07, 6.45) is 7.24. The Morgan fingerprint density at radius 1 is 1.42 bits per heavy atom. The van der Waals surface area contributed by atoms with Crippen LogP contribution in [0.3, 0.4) is 0 Å². The van der Waals surface area contributed by atoms with Gasteiger partial charge in [-0.05, 0) is 38.3 Å². The van der Waals surface area contributed by atoms with E-state index in [1.54, 1.807) is 6.08 Å². The van der Waals surface area contributed by atoms with Crippen LogP contribution in [0.2, 0.25) is 0 Å². The van der Waals surface area contributed by atoms with Crippen LogP contribution in [-0.4, -0.2) is 11.9 Å². The van der Waals surface area contributed by atoms with E-state index in [0.29, 0.717) is 0 Å². The molecule has 0 atom stereocenters. The number of halogens is 1. The average Bonchev–Trinajstić information content (AvgIpc) is 2.11. The Bertz CT molecular complexity index is 141. The quantitative estimate of drug-likeness (QED) is 0.282. The second-order valence-corrected chi connectivity index (χ2v) is 3.29. The number of rotatable bonds is 7. The molecule has 0 heterocycles. The van der Waals surface area contributed by atoms with Gasteiger partial charge in [0.1, 0.15) is 5.76 Å². The lowest BCUT2D eigenvalue weighted by molar-refractivity contribution is 0.217. The number of alkyl halides is 1. The molecule has 0 bridgehead atoms. The Kier molecular flexibility index (Phi) is 8.68. The van der Waals surface area contributed by atoms with E-state index in [-0.39, 0.29) is 0 Å². The van der Waals surface area contributed by atoms with Crippen LogP contribution in [0.1, 0.15) is 26.2 Å². The average molecular weight is 233 g/mol. The van der Waals surface area contributed by atoms with Gasteiger partial charge in [0.25, 0.3) is 0 Å². The van der Waals surface area contributed by atoms with E-state index in [2.05, 4.69) is 22.5 Å². The van der Waals surface area contributed by atoms with E-state index in [9.17, 15) is 0 Å². The molecule has 0 aliphatic heterocycles. The molecule has 2 heteroatoms. The number of ether oxygens (including phenoxy) is 1. The first-order valence-corrected chi connectivity index (χ1v) is 5.44. The van der Waals surface area contributed by atoms with Crippen molar-refractivity contribution in [2.75, 3.05) is 11.9 Å². The fourth-order valence-corrected chi connectivity index (χ4v) is 1.22. The third kappa shape index (κ3) is 6.47. The molecule has 0 N–H and O–H groups in total. The maximum absolute atomic E-state index is 5.41. The van der Waals surface area contributed by atoms with Gasteiger partial charge >= 0.3 is 0 Å². The zero-order valence-electron chi connectivity index (χ0n) is 7.68. The lowest BCUT2D eigenvalue weighted by atomic mass is 10.3. The molecule has 0 aromatic rings. The topological polar surface area (TPSA) is 9.23 Å². The molecule has 1 nitrogen and oxygen atoms in total. The van der Waals surface area contributed by atoms with Crippen molar-refractivity contribution in [3.05, 3.63) is 24.5 Å². The summed E-state index contributed by atoms with van der Waals surface area (Å²) in [5.74, 6) is 0.883. The van der Waals surface area contributed by atoms with Crippen LogP contribution in [0.15, 0.2) is 24.5 Å². The molecule has 0 aromatic carbocycles. The molecule has 70 valence electrons. The van der Waals surface area contributed by atoms with Crippen molar-refractivity contribution in [2.45, 2.75) is 26.2 Å². The molecule has 0 aromatic heterocycles. The summed E-state index contributed by atoms with van der Waals surface area (Å²) in [6, 6.07) is 0. The SMILES string of the molecule is C=C/C(=C/C)OCCCCCBr. The molecular weight excluding hydrogens is 216 g/mol. The maximum atomic E-state index is 5.41. The van der Waals surface area contributed by atoms with E-state index in [4.69, 9.17) is 4.74 Å². The molecule has 0 saturated heterocycles. The summed E-state index contributed by atoms with van der Waals surface area (Å²) in [4.78, 5) is 0. The van der Waals surface area contributed by atoms with Crippen LogP contribution in [0.4, 0.5) is 0 Å². The normalized spacial score (nSPS) is 11.3. The van der Waals surface area contributed by atoms with E-state index < -0.39 is 0 Å². The summed E-state index contributed by atoms with van der Waals surface area (Å²) in [7, 11) is 0. The van der Waals surface area contributed by atoms with E-state index in [1.807, 2.05) is 13.0 Å². The van der Waals surface area contributed by atoms with Crippen LogP contribution >= 0.6 is 15.9 Å². The lowest BCUT2D eigenvalue weighted by Gasteiger charge is -2.04. The molecule has 12 heavy (non-hydrogen) atoms. The van der Waals surface area contributed by atoms with Gasteiger partial charge in [0, 0.05) is 5.33 Å². The molecule has 0 saturated carbocycles. The fraction of sp³-hybridized carbons (Fsp3) is 0.600. The van der Waals surface area contributed by atoms with Crippen molar-refractivity contribution in [3.63, 3.8) is 0 Å². The largest absolute Gasteiger partial charge is 0.494 e. The van der Waals surface area contributed by atoms with Crippen LogP contribution in [0, 0.1) is 0 Å². The summed E-state index contributed by atoms with van der Waals surface area (Å²) in [5.41, 5.74) is 0. The van der Waals surface area contributed by atoms with Crippen molar-refractivity contribution in [3.8, 4) is 0 Å². The Labute approximate surface area is 83.6 Å². The third-order valence-corrected chi connectivity index (χ3v) is 2.09. The molecule has 0 aliphatic carbocycles. The highest BCUT2D eigenvalue weighted by Crippen LogP contribution is 2.03. The first-order valence-electron chi connectivity index (χ1n) is 4.32. The van der Waals surface area contributed by atoms with E-state index in [1.165, 1.54) is 12.8 Å². The standard InChI is InChI=1S/C10H17BrO/c1-3-10(4-2)12-9-7-5-6-8-11/h3-4H,1,5-9H2,2H3/b10-4-. The zero-order chi connectivity index (χ0) is 9.23. The third-order valence-electron chi connectivity index (χ3n) is 1.53. The summed E-state index contributed by atoms with van der Waals surface area (Å²) < 4.78 is 5.41. The van der Waals surface area contributed by atoms with Crippen molar-refractivity contribution >= 4 is 15.9 Å². The van der Waals surface area contributed by atoms with Crippen molar-refractivity contribution in [1.82, 2.24) is 0 Å². The first kappa shape index (κ1) is 11.8. The van der Waals surface area contributed by atoms with Crippen molar-refractivity contribution in [2.24, 2.45) is 0 Å². The van der Waals surface area contributed by atoms with E-state index in [0.717, 1.165) is 24.1 Å². The van der Waals surface area contributed by atoms with Gasteiger partial charge in [0.2, 0.25) is 0 Å². The number of unbranched alkanes of at least 4 members (excludes halogenated alkanes) is 2. The monoisotopic (exact) mass is 232 g/mol. The maximum Gasteiger partial charge on any atom is 0.114 e. The predicted octanol–water partition coefficient (Wildman–Crippen LogP) is 3.66. The summed E-state index contributed by atoms with van der Waals surface area (Å²) in [5, 5.41) is 1.09. The summed E-state index contributed by atoms with van der Waals surface area (Å²) >= 11 is 3.39. The predicted molar refractivity (Wildman–Crippen MR) is 57.6 cm³/mol. The van der Waals surface area contributed by atoms with Crippen molar-refractivity contribution in [1.29, 1.82) is 0 Å². The highest BCUT2D eigenvalue weighted by atomic mass is 79.9. The van der Waals surface area contributed by atoms with Gasteiger partial charge in [-0.25, -0.2) is 0 Å². The minimum absolute atomic E-state index is 0.804. The van der Waals surface area contributed by atoms with Gasteiger partial charge < -0.3 is 4.74 Å². The molecule has 0 fully saturated rings. The molecule has 0 aliphatic rings. The molecule has 0 radical (unpaired) electrons. The molecule has 0 unspecified atom stereocenters. The minimum atomic E-state index is 0.804. The lowest BCUT2D eigenvalue weighted by Crippen LogP contribution is -1.92. The highest BCUT2D eigenvalue weighted by molar-refractivity contribution is 9.09. The molecule has 0 amide bonds. The first-order chi connectivity index (χ1) is 5.85. The second kappa shape index (κ2) is 8.85. The minimum Gasteiger partial charge on any atom is -0.494 e. The second-order valence-electron chi connectivity index (χ2n) is 2.49. The number of hydrogen-bond acceptors (Lipinski definition) is 1. The van der Waals surface area contributed by atoms with Crippen LogP contribution in [0.25, 0.3) is 0 Å². The Hall–Kier alpha value is -0.240. The molecular formula is C10H17BrO. The smallest absolute Gasteiger partial charge is 0.114 e. The van der Waals surface area contributed by atoms with Crippen LogP contribution in [-0.2, 0) is 4.74 Å². The zero-order valence-corrected chi connectivity index (χ0v) is 9.27. The summed E-state index contributed by atoms with van der Waals surface area (Å²) in [6.45, 7) is 6.40. The van der Waals surface area contributed by atoms with Gasteiger partial charge in [-0.3, -0.25) is 0 Å². The van der Waals surface area contributed by atoms with Crippen LogP contribution in [0.5, 0.6) is 0 Å². The number of allylic oxidation sites excluding steroid dienone is 2. The van der Waals surface area contributed by atoms with Gasteiger partial charge in [-0.1, -0.05) is 22.5 Å². The van der Waals surface area contributed by atoms with Crippen molar-refractivity contribution < 1.29 is 4.74 Å². The Balaban J connectivity index is 3.24. The Morgan fingerprint density at radius 2 is 2.17 bits per heavy atom.